The third-order valence-electron chi connectivity index (χ3n) is 4.92. The van der Waals surface area contributed by atoms with E-state index >= 15 is 0 Å². The molecule has 9 nitrogen and oxygen atoms in total. The van der Waals surface area contributed by atoms with Crippen molar-refractivity contribution in [2.45, 2.75) is 13.8 Å². The van der Waals surface area contributed by atoms with E-state index in [-0.39, 0.29) is 35.8 Å². The van der Waals surface area contributed by atoms with Crippen molar-refractivity contribution in [1.82, 2.24) is 4.98 Å². The number of aromatic nitrogens is 1. The second-order valence-corrected chi connectivity index (χ2v) is 9.07. The van der Waals surface area contributed by atoms with Gasteiger partial charge in [-0.25, -0.2) is 14.6 Å². The number of hydrogen-bond acceptors (Lipinski definition) is 11. The average Bonchev–Trinajstić information content (AvgIpc) is 3.50. The van der Waals surface area contributed by atoms with Crippen molar-refractivity contribution in [2.24, 2.45) is 0 Å². The molecule has 0 aliphatic heterocycles. The number of hydrogen-bond donors (Lipinski definition) is 1. The first-order valence-corrected chi connectivity index (χ1v) is 12.6. The highest BCUT2D eigenvalue weighted by atomic mass is 32.1. The van der Waals surface area contributed by atoms with Crippen LogP contribution in [0.2, 0.25) is 0 Å². The minimum atomic E-state index is -0.576. The number of nitrogens with zero attached hydrogens (tertiary/aromatic N) is 2. The number of ether oxygens (including phenoxy) is 4. The lowest BCUT2D eigenvalue weighted by Crippen LogP contribution is -2.11. The van der Waals surface area contributed by atoms with Crippen LogP contribution in [-0.4, -0.2) is 51.0 Å². The summed E-state index contributed by atoms with van der Waals surface area (Å²) in [6.45, 7) is 3.87. The number of esters is 2. The van der Waals surface area contributed by atoms with Crippen molar-refractivity contribution in [3.8, 4) is 23.1 Å². The molecule has 0 aliphatic carbocycles. The largest absolute Gasteiger partial charge is 0.497 e. The normalized spacial score (nSPS) is 11.0. The van der Waals surface area contributed by atoms with E-state index in [9.17, 15) is 14.9 Å². The molecule has 1 N–H and O–H groups in total. The molecule has 0 saturated carbocycles. The molecule has 0 fully saturated rings. The topological polar surface area (TPSA) is 120 Å². The minimum absolute atomic E-state index is 0.0865. The fourth-order valence-electron chi connectivity index (χ4n) is 3.11. The quantitative estimate of drug-likeness (QED) is 0.205. The molecule has 0 saturated heterocycles. The molecule has 0 amide bonds. The van der Waals surface area contributed by atoms with E-state index in [2.05, 4.69) is 16.4 Å². The molecule has 3 aromatic rings. The Morgan fingerprint density at radius 3 is 2.53 bits per heavy atom. The summed E-state index contributed by atoms with van der Waals surface area (Å²) >= 11 is 2.37. The standard InChI is InChI=1S/C25H25N3O6S2/c1-5-33-24(29)20-15(2)21(25(30)34-11-10-31-3)36-23(20)27-13-17(12-26)22-28-19(14-35-22)16-6-8-18(32-4)9-7-16/h6-9,13-14,27H,5,10-11H2,1-4H3. The number of allylic oxidation sites excluding steroid dienone is 1. The van der Waals surface area contributed by atoms with Gasteiger partial charge in [0.15, 0.2) is 0 Å². The zero-order chi connectivity index (χ0) is 26.1. The first-order chi connectivity index (χ1) is 17.4. The van der Waals surface area contributed by atoms with Gasteiger partial charge in [-0.3, -0.25) is 0 Å². The Labute approximate surface area is 216 Å². The third-order valence-corrected chi connectivity index (χ3v) is 7.00. The number of carbonyl (C=O) groups is 2. The van der Waals surface area contributed by atoms with Crippen LogP contribution >= 0.6 is 22.7 Å². The van der Waals surface area contributed by atoms with Crippen molar-refractivity contribution in [3.63, 3.8) is 0 Å². The summed E-state index contributed by atoms with van der Waals surface area (Å²) in [7, 11) is 3.11. The molecular formula is C25H25N3O6S2. The van der Waals surface area contributed by atoms with Gasteiger partial charge in [-0.2, -0.15) is 5.26 Å². The van der Waals surface area contributed by atoms with Crippen molar-refractivity contribution < 1.29 is 28.5 Å². The lowest BCUT2D eigenvalue weighted by atomic mass is 10.1. The van der Waals surface area contributed by atoms with E-state index < -0.39 is 11.9 Å². The summed E-state index contributed by atoms with van der Waals surface area (Å²) in [4.78, 5) is 30.0. The molecule has 0 spiro atoms. The maximum Gasteiger partial charge on any atom is 0.348 e. The van der Waals surface area contributed by atoms with Crippen LogP contribution in [0.3, 0.4) is 0 Å². The lowest BCUT2D eigenvalue weighted by Gasteiger charge is -2.05. The van der Waals surface area contributed by atoms with Crippen molar-refractivity contribution in [2.75, 3.05) is 39.4 Å². The molecule has 0 aliphatic rings. The zero-order valence-corrected chi connectivity index (χ0v) is 21.9. The number of nitriles is 1. The van der Waals surface area contributed by atoms with E-state index in [1.807, 2.05) is 29.6 Å². The summed E-state index contributed by atoms with van der Waals surface area (Å²) in [5.41, 5.74) is 2.53. The van der Waals surface area contributed by atoms with E-state index in [1.54, 1.807) is 21.0 Å². The first kappa shape index (κ1) is 26.9. The van der Waals surface area contributed by atoms with Crippen molar-refractivity contribution >= 4 is 45.2 Å². The molecule has 0 radical (unpaired) electrons. The monoisotopic (exact) mass is 527 g/mol. The lowest BCUT2D eigenvalue weighted by molar-refractivity contribution is 0.0393. The smallest absolute Gasteiger partial charge is 0.348 e. The molecule has 1 aromatic carbocycles. The van der Waals surface area contributed by atoms with Crippen molar-refractivity contribution in [3.05, 3.63) is 56.9 Å². The summed E-state index contributed by atoms with van der Waals surface area (Å²) in [6.07, 6.45) is 1.46. The van der Waals surface area contributed by atoms with Crippen LogP contribution in [0, 0.1) is 18.3 Å². The van der Waals surface area contributed by atoms with Crippen LogP contribution in [-0.2, 0) is 14.2 Å². The maximum absolute atomic E-state index is 12.6. The molecule has 0 bridgehead atoms. The number of benzene rings is 1. The number of anilines is 1. The number of thiophene rings is 1. The summed E-state index contributed by atoms with van der Waals surface area (Å²) < 4.78 is 20.5. The highest BCUT2D eigenvalue weighted by Gasteiger charge is 2.26. The van der Waals surface area contributed by atoms with E-state index in [0.29, 0.717) is 15.6 Å². The SMILES string of the molecule is CCOC(=O)c1c(NC=C(C#N)c2nc(-c3ccc(OC)cc3)cs2)sc(C(=O)OCCOC)c1C. The Hall–Kier alpha value is -3.72. The van der Waals surface area contributed by atoms with Gasteiger partial charge in [-0.15, -0.1) is 22.7 Å². The molecule has 0 atom stereocenters. The predicted octanol–water partition coefficient (Wildman–Crippen LogP) is 5.15. The summed E-state index contributed by atoms with van der Waals surface area (Å²) in [5, 5.41) is 15.5. The minimum Gasteiger partial charge on any atom is -0.497 e. The van der Waals surface area contributed by atoms with Gasteiger partial charge in [0.2, 0.25) is 0 Å². The van der Waals surface area contributed by atoms with E-state index in [0.717, 1.165) is 28.3 Å². The number of thiazole rings is 1. The molecule has 188 valence electrons. The van der Waals surface area contributed by atoms with Crippen LogP contribution in [0.15, 0.2) is 35.8 Å². The van der Waals surface area contributed by atoms with Gasteiger partial charge >= 0.3 is 11.9 Å². The van der Waals surface area contributed by atoms with Crippen LogP contribution in [0.1, 0.15) is 37.5 Å². The molecular weight excluding hydrogens is 502 g/mol. The number of nitrogens with one attached hydrogen (secondary N) is 1. The second kappa shape index (κ2) is 12.8. The van der Waals surface area contributed by atoms with Gasteiger partial charge in [0.05, 0.1) is 31.6 Å². The van der Waals surface area contributed by atoms with Gasteiger partial charge in [0, 0.05) is 24.3 Å². The number of methoxy groups -OCH3 is 2. The van der Waals surface area contributed by atoms with Gasteiger partial charge in [0.25, 0.3) is 0 Å². The summed E-state index contributed by atoms with van der Waals surface area (Å²) in [6, 6.07) is 9.59. The molecule has 2 aromatic heterocycles. The first-order valence-electron chi connectivity index (χ1n) is 10.9. The second-order valence-electron chi connectivity index (χ2n) is 7.19. The highest BCUT2D eigenvalue weighted by molar-refractivity contribution is 7.18. The maximum atomic E-state index is 12.6. The van der Waals surface area contributed by atoms with E-state index in [1.165, 1.54) is 24.6 Å². The van der Waals surface area contributed by atoms with E-state index in [4.69, 9.17) is 18.9 Å². The number of rotatable bonds is 11. The van der Waals surface area contributed by atoms with Gasteiger partial charge < -0.3 is 24.3 Å². The molecule has 2 heterocycles. The van der Waals surface area contributed by atoms with Crippen molar-refractivity contribution in [1.29, 1.82) is 5.26 Å². The van der Waals surface area contributed by atoms with Crippen LogP contribution < -0.4 is 10.1 Å². The Morgan fingerprint density at radius 2 is 1.89 bits per heavy atom. The molecule has 3 rings (SSSR count). The average molecular weight is 528 g/mol. The van der Waals surface area contributed by atoms with Gasteiger partial charge in [0.1, 0.15) is 38.9 Å². The van der Waals surface area contributed by atoms with Gasteiger partial charge in [-0.1, -0.05) is 0 Å². The predicted molar refractivity (Wildman–Crippen MR) is 138 cm³/mol. The van der Waals surface area contributed by atoms with Crippen LogP contribution in [0.4, 0.5) is 5.00 Å². The van der Waals surface area contributed by atoms with Gasteiger partial charge in [-0.05, 0) is 43.7 Å². The third kappa shape index (κ3) is 6.28. The Morgan fingerprint density at radius 1 is 1.14 bits per heavy atom. The van der Waals surface area contributed by atoms with Crippen LogP contribution in [0.5, 0.6) is 5.75 Å². The fraction of sp³-hybridized carbons (Fsp3) is 0.280. The van der Waals surface area contributed by atoms with Crippen LogP contribution in [0.25, 0.3) is 16.8 Å². The molecule has 11 heteroatoms. The number of carbonyl (C=O) groups excluding carboxylic acids is 2. The zero-order valence-electron chi connectivity index (χ0n) is 20.2. The molecule has 0 unspecified atom stereocenters. The molecule has 36 heavy (non-hydrogen) atoms. The fourth-order valence-corrected chi connectivity index (χ4v) is 4.97. The summed E-state index contributed by atoms with van der Waals surface area (Å²) in [5.74, 6) is -0.407. The highest BCUT2D eigenvalue weighted by Crippen LogP contribution is 2.35. The Kier molecular flexibility index (Phi) is 9.58. The Balaban J connectivity index is 1.88. The Bertz CT molecular complexity index is 1290.